The molecule has 0 bridgehead atoms. The highest BCUT2D eigenvalue weighted by molar-refractivity contribution is 5.21. The van der Waals surface area contributed by atoms with Gasteiger partial charge in [-0.2, -0.15) is 0 Å². The second kappa shape index (κ2) is 3.93. The van der Waals surface area contributed by atoms with Gasteiger partial charge in [0.2, 0.25) is 0 Å². The van der Waals surface area contributed by atoms with Gasteiger partial charge in [0.1, 0.15) is 0 Å². The maximum atomic E-state index is 9.93. The lowest BCUT2D eigenvalue weighted by atomic mass is 9.83. The van der Waals surface area contributed by atoms with Crippen LogP contribution in [0.5, 0.6) is 0 Å². The molecule has 1 aromatic rings. The highest BCUT2D eigenvalue weighted by atomic mass is 16.3. The fourth-order valence-corrected chi connectivity index (χ4v) is 1.83. The largest absolute Gasteiger partial charge is 0.390 e. The van der Waals surface area contributed by atoms with E-state index in [4.69, 9.17) is 0 Å². The summed E-state index contributed by atoms with van der Waals surface area (Å²) in [7, 11) is 0. The highest BCUT2D eigenvalue weighted by Crippen LogP contribution is 2.30. The van der Waals surface area contributed by atoms with Gasteiger partial charge in [-0.1, -0.05) is 37.3 Å². The Labute approximate surface area is 80.4 Å². The molecule has 1 aromatic carbocycles. The molecule has 72 valence electrons. The van der Waals surface area contributed by atoms with Crippen LogP contribution in [0.15, 0.2) is 30.3 Å². The Bertz CT molecular complexity index is 246. The first-order valence-corrected chi connectivity index (χ1v) is 4.83. The molecule has 0 amide bonds. The van der Waals surface area contributed by atoms with Crippen LogP contribution in [-0.2, 0) is 0 Å². The van der Waals surface area contributed by atoms with Gasteiger partial charge in [-0.15, -0.1) is 0 Å². The van der Waals surface area contributed by atoms with E-state index in [0.717, 1.165) is 6.42 Å². The van der Waals surface area contributed by atoms with Crippen molar-refractivity contribution >= 4 is 0 Å². The van der Waals surface area contributed by atoms with Crippen molar-refractivity contribution < 1.29 is 5.11 Å². The quantitative estimate of drug-likeness (QED) is 0.754. The van der Waals surface area contributed by atoms with Crippen molar-refractivity contribution in [2.45, 2.75) is 38.7 Å². The monoisotopic (exact) mass is 178 g/mol. The number of hydrogen-bond acceptors (Lipinski definition) is 1. The Morgan fingerprint density at radius 2 is 1.77 bits per heavy atom. The molecule has 0 heterocycles. The molecule has 1 unspecified atom stereocenters. The zero-order valence-corrected chi connectivity index (χ0v) is 8.62. The Morgan fingerprint density at radius 1 is 1.23 bits per heavy atom. The summed E-state index contributed by atoms with van der Waals surface area (Å²) in [5, 5.41) is 9.93. The molecule has 0 aliphatic rings. The van der Waals surface area contributed by atoms with E-state index in [0.29, 0.717) is 0 Å². The summed E-state index contributed by atoms with van der Waals surface area (Å²) in [6.45, 7) is 5.85. The smallest absolute Gasteiger partial charge is 0.0659 e. The average Bonchev–Trinajstić information content (AvgIpc) is 2.05. The third-order valence-corrected chi connectivity index (χ3v) is 2.46. The second-order valence-corrected chi connectivity index (χ2v) is 4.03. The molecule has 0 aliphatic carbocycles. The van der Waals surface area contributed by atoms with Crippen molar-refractivity contribution in [1.82, 2.24) is 0 Å². The third kappa shape index (κ3) is 2.56. The van der Waals surface area contributed by atoms with Gasteiger partial charge in [0, 0.05) is 5.92 Å². The van der Waals surface area contributed by atoms with Crippen molar-refractivity contribution in [1.29, 1.82) is 0 Å². The molecule has 1 atom stereocenters. The molecule has 0 spiro atoms. The minimum atomic E-state index is -0.629. The van der Waals surface area contributed by atoms with Crippen molar-refractivity contribution in [3.8, 4) is 0 Å². The predicted octanol–water partition coefficient (Wildman–Crippen LogP) is 2.95. The van der Waals surface area contributed by atoms with Crippen LogP contribution in [0.4, 0.5) is 0 Å². The summed E-state index contributed by atoms with van der Waals surface area (Å²) in [4.78, 5) is 0. The molecule has 1 heteroatoms. The third-order valence-electron chi connectivity index (χ3n) is 2.46. The summed E-state index contributed by atoms with van der Waals surface area (Å²) in [5.41, 5.74) is 0.591. The van der Waals surface area contributed by atoms with Crippen molar-refractivity contribution in [3.63, 3.8) is 0 Å². The van der Waals surface area contributed by atoms with Gasteiger partial charge >= 0.3 is 0 Å². The summed E-state index contributed by atoms with van der Waals surface area (Å²) in [5.74, 6) is 0.230. The SMILES string of the molecule is CCC(c1ccccc1)C(C)(C)O. The Kier molecular flexibility index (Phi) is 3.10. The van der Waals surface area contributed by atoms with Gasteiger partial charge in [-0.25, -0.2) is 0 Å². The van der Waals surface area contributed by atoms with E-state index in [2.05, 4.69) is 19.1 Å². The minimum Gasteiger partial charge on any atom is -0.390 e. The average molecular weight is 178 g/mol. The fraction of sp³-hybridized carbons (Fsp3) is 0.500. The molecular weight excluding hydrogens is 160 g/mol. The van der Waals surface area contributed by atoms with Crippen molar-refractivity contribution in [2.24, 2.45) is 0 Å². The molecule has 0 radical (unpaired) electrons. The molecule has 1 rings (SSSR count). The van der Waals surface area contributed by atoms with E-state index in [-0.39, 0.29) is 5.92 Å². The van der Waals surface area contributed by atoms with Gasteiger partial charge < -0.3 is 5.11 Å². The summed E-state index contributed by atoms with van der Waals surface area (Å²) < 4.78 is 0. The topological polar surface area (TPSA) is 20.2 Å². The van der Waals surface area contributed by atoms with E-state index in [1.807, 2.05) is 32.0 Å². The summed E-state index contributed by atoms with van der Waals surface area (Å²) in [6.07, 6.45) is 0.966. The molecule has 13 heavy (non-hydrogen) atoms. The van der Waals surface area contributed by atoms with Gasteiger partial charge in [0.05, 0.1) is 5.60 Å². The molecular formula is C12H18O. The van der Waals surface area contributed by atoms with Gasteiger partial charge in [-0.05, 0) is 25.8 Å². The normalized spacial score (nSPS) is 14.2. The van der Waals surface area contributed by atoms with Crippen molar-refractivity contribution in [2.75, 3.05) is 0 Å². The molecule has 0 saturated heterocycles. The summed E-state index contributed by atoms with van der Waals surface area (Å²) in [6, 6.07) is 10.2. The summed E-state index contributed by atoms with van der Waals surface area (Å²) >= 11 is 0. The van der Waals surface area contributed by atoms with Gasteiger partial charge in [0.15, 0.2) is 0 Å². The van der Waals surface area contributed by atoms with E-state index in [1.54, 1.807) is 0 Å². The van der Waals surface area contributed by atoms with E-state index in [9.17, 15) is 5.11 Å². The standard InChI is InChI=1S/C12H18O/c1-4-11(12(2,3)13)10-8-6-5-7-9-10/h5-9,11,13H,4H2,1-3H3. The lowest BCUT2D eigenvalue weighted by Gasteiger charge is -2.28. The Morgan fingerprint density at radius 3 is 2.15 bits per heavy atom. The zero-order chi connectivity index (χ0) is 9.90. The van der Waals surface area contributed by atoms with Crippen molar-refractivity contribution in [3.05, 3.63) is 35.9 Å². The van der Waals surface area contributed by atoms with Gasteiger partial charge in [0.25, 0.3) is 0 Å². The molecule has 0 saturated carbocycles. The first-order chi connectivity index (χ1) is 6.05. The number of hydrogen-bond donors (Lipinski definition) is 1. The van der Waals surface area contributed by atoms with E-state index < -0.39 is 5.60 Å². The van der Waals surface area contributed by atoms with E-state index in [1.165, 1.54) is 5.56 Å². The maximum Gasteiger partial charge on any atom is 0.0659 e. The number of rotatable bonds is 3. The zero-order valence-electron chi connectivity index (χ0n) is 8.62. The minimum absolute atomic E-state index is 0.230. The Balaban J connectivity index is 2.92. The number of aliphatic hydroxyl groups is 1. The molecule has 0 aromatic heterocycles. The van der Waals surface area contributed by atoms with Crippen LogP contribution < -0.4 is 0 Å². The second-order valence-electron chi connectivity index (χ2n) is 4.03. The first kappa shape index (κ1) is 10.3. The van der Waals surface area contributed by atoms with Crippen LogP contribution in [-0.4, -0.2) is 10.7 Å². The molecule has 1 N–H and O–H groups in total. The highest BCUT2D eigenvalue weighted by Gasteiger charge is 2.26. The van der Waals surface area contributed by atoms with Gasteiger partial charge in [-0.3, -0.25) is 0 Å². The van der Waals surface area contributed by atoms with Crippen LogP contribution in [0.1, 0.15) is 38.7 Å². The van der Waals surface area contributed by atoms with Crippen LogP contribution in [0, 0.1) is 0 Å². The predicted molar refractivity (Wildman–Crippen MR) is 55.8 cm³/mol. The van der Waals surface area contributed by atoms with Crippen LogP contribution in [0.2, 0.25) is 0 Å². The van der Waals surface area contributed by atoms with Crippen LogP contribution >= 0.6 is 0 Å². The first-order valence-electron chi connectivity index (χ1n) is 4.83. The van der Waals surface area contributed by atoms with E-state index >= 15 is 0 Å². The maximum absolute atomic E-state index is 9.93. The lowest BCUT2D eigenvalue weighted by Crippen LogP contribution is -2.28. The molecule has 0 aliphatic heterocycles. The number of benzene rings is 1. The molecule has 0 fully saturated rings. The molecule has 1 nitrogen and oxygen atoms in total. The lowest BCUT2D eigenvalue weighted by molar-refractivity contribution is 0.0483. The van der Waals surface area contributed by atoms with Crippen LogP contribution in [0.25, 0.3) is 0 Å². The van der Waals surface area contributed by atoms with Crippen LogP contribution in [0.3, 0.4) is 0 Å². The Hall–Kier alpha value is -0.820. The fourth-order valence-electron chi connectivity index (χ4n) is 1.83.